The summed E-state index contributed by atoms with van der Waals surface area (Å²) in [6.45, 7) is 0.451. The van der Waals surface area contributed by atoms with Gasteiger partial charge in [-0.3, -0.25) is 0 Å². The Kier molecular flexibility index (Phi) is 3.21. The van der Waals surface area contributed by atoms with Crippen LogP contribution in [0, 0.1) is 0 Å². The fourth-order valence-corrected chi connectivity index (χ4v) is 1.52. The van der Waals surface area contributed by atoms with Gasteiger partial charge < -0.3 is 5.73 Å². The van der Waals surface area contributed by atoms with Crippen molar-refractivity contribution in [3.05, 3.63) is 36.4 Å². The van der Waals surface area contributed by atoms with Gasteiger partial charge in [0.05, 0.1) is 0 Å². The molecule has 0 aliphatic carbocycles. The van der Waals surface area contributed by atoms with Gasteiger partial charge in [-0.15, -0.1) is 0 Å². The summed E-state index contributed by atoms with van der Waals surface area (Å²) in [6, 6.07) is 1.77. The molecule has 0 saturated heterocycles. The largest absolute Gasteiger partial charge is 0.326 e. The van der Waals surface area contributed by atoms with E-state index in [9.17, 15) is 0 Å². The van der Waals surface area contributed by atoms with Gasteiger partial charge >= 0.3 is 0 Å². The number of rotatable bonds is 3. The lowest BCUT2D eigenvalue weighted by Gasteiger charge is -1.98. The van der Waals surface area contributed by atoms with Gasteiger partial charge in [0, 0.05) is 36.9 Å². The molecule has 5 nitrogen and oxygen atoms in total. The molecule has 0 fully saturated rings. The first-order chi connectivity index (χ1) is 7.38. The second kappa shape index (κ2) is 4.81. The monoisotopic (exact) mass is 219 g/mol. The molecule has 15 heavy (non-hydrogen) atoms. The fraction of sp³-hybridized carbons (Fsp3) is 0.111. The zero-order chi connectivity index (χ0) is 10.5. The molecule has 0 aromatic carbocycles. The molecule has 0 aliphatic rings. The van der Waals surface area contributed by atoms with Gasteiger partial charge in [-0.05, 0) is 17.8 Å². The van der Waals surface area contributed by atoms with Gasteiger partial charge in [0.1, 0.15) is 0 Å². The first-order valence-corrected chi connectivity index (χ1v) is 5.16. The Bertz CT molecular complexity index is 416. The SMILES string of the molecule is NCc1cnc(Sc2ncccn2)nc1. The highest BCUT2D eigenvalue weighted by Crippen LogP contribution is 2.18. The maximum atomic E-state index is 5.44. The highest BCUT2D eigenvalue weighted by Gasteiger charge is 2.01. The van der Waals surface area contributed by atoms with E-state index in [0.717, 1.165) is 5.56 Å². The Labute approximate surface area is 91.2 Å². The van der Waals surface area contributed by atoms with Gasteiger partial charge in [0.15, 0.2) is 10.3 Å². The van der Waals surface area contributed by atoms with E-state index >= 15 is 0 Å². The van der Waals surface area contributed by atoms with Crippen molar-refractivity contribution in [1.29, 1.82) is 0 Å². The van der Waals surface area contributed by atoms with Crippen molar-refractivity contribution in [2.75, 3.05) is 0 Å². The van der Waals surface area contributed by atoms with Crippen LogP contribution in [0.25, 0.3) is 0 Å². The molecule has 0 spiro atoms. The lowest BCUT2D eigenvalue weighted by molar-refractivity contribution is 0.898. The summed E-state index contributed by atoms with van der Waals surface area (Å²) < 4.78 is 0. The third-order valence-corrected chi connectivity index (χ3v) is 2.43. The van der Waals surface area contributed by atoms with Crippen molar-refractivity contribution in [2.24, 2.45) is 5.73 Å². The van der Waals surface area contributed by atoms with Crippen LogP contribution in [0.2, 0.25) is 0 Å². The van der Waals surface area contributed by atoms with E-state index in [0.29, 0.717) is 16.9 Å². The normalized spacial score (nSPS) is 10.2. The number of nitrogens with zero attached hydrogens (tertiary/aromatic N) is 4. The van der Waals surface area contributed by atoms with E-state index in [1.165, 1.54) is 11.8 Å². The van der Waals surface area contributed by atoms with Gasteiger partial charge in [-0.1, -0.05) is 0 Å². The van der Waals surface area contributed by atoms with Gasteiger partial charge in [0.2, 0.25) is 0 Å². The van der Waals surface area contributed by atoms with E-state index in [-0.39, 0.29) is 0 Å². The Morgan fingerprint density at radius 2 is 1.60 bits per heavy atom. The summed E-state index contributed by atoms with van der Waals surface area (Å²) in [5, 5.41) is 1.26. The molecule has 0 atom stereocenters. The van der Waals surface area contributed by atoms with Crippen molar-refractivity contribution in [1.82, 2.24) is 19.9 Å². The molecule has 2 aromatic heterocycles. The van der Waals surface area contributed by atoms with Crippen molar-refractivity contribution >= 4 is 11.8 Å². The Balaban J connectivity index is 2.11. The van der Waals surface area contributed by atoms with Crippen LogP contribution in [0.3, 0.4) is 0 Å². The molecule has 0 aliphatic heterocycles. The Morgan fingerprint density at radius 1 is 1.00 bits per heavy atom. The first-order valence-electron chi connectivity index (χ1n) is 4.34. The maximum absolute atomic E-state index is 5.44. The van der Waals surface area contributed by atoms with Crippen LogP contribution < -0.4 is 5.73 Å². The van der Waals surface area contributed by atoms with Crippen molar-refractivity contribution in [3.8, 4) is 0 Å². The molecular weight excluding hydrogens is 210 g/mol. The molecule has 6 heteroatoms. The van der Waals surface area contributed by atoms with Gasteiger partial charge in [0.25, 0.3) is 0 Å². The summed E-state index contributed by atoms with van der Waals surface area (Å²) >= 11 is 1.32. The minimum atomic E-state index is 0.451. The van der Waals surface area contributed by atoms with E-state index in [4.69, 9.17) is 5.73 Å². The maximum Gasteiger partial charge on any atom is 0.195 e. The topological polar surface area (TPSA) is 77.6 Å². The van der Waals surface area contributed by atoms with Crippen LogP contribution >= 0.6 is 11.8 Å². The van der Waals surface area contributed by atoms with Crippen LogP contribution in [0.1, 0.15) is 5.56 Å². The lowest BCUT2D eigenvalue weighted by atomic mass is 10.4. The summed E-state index contributed by atoms with van der Waals surface area (Å²) in [4.78, 5) is 16.4. The third kappa shape index (κ3) is 2.71. The minimum Gasteiger partial charge on any atom is -0.326 e. The van der Waals surface area contributed by atoms with Gasteiger partial charge in [-0.2, -0.15) is 0 Å². The molecule has 2 rings (SSSR count). The highest BCUT2D eigenvalue weighted by atomic mass is 32.2. The molecule has 0 saturated carbocycles. The summed E-state index contributed by atoms with van der Waals surface area (Å²) in [7, 11) is 0. The zero-order valence-electron chi connectivity index (χ0n) is 7.87. The summed E-state index contributed by atoms with van der Waals surface area (Å²) in [6.07, 6.45) is 6.78. The Hall–Kier alpha value is -1.53. The second-order valence-electron chi connectivity index (χ2n) is 2.71. The van der Waals surface area contributed by atoms with Crippen molar-refractivity contribution < 1.29 is 0 Å². The van der Waals surface area contributed by atoms with Crippen LogP contribution in [0.15, 0.2) is 41.2 Å². The predicted molar refractivity (Wildman–Crippen MR) is 56.1 cm³/mol. The molecule has 0 radical (unpaired) electrons. The van der Waals surface area contributed by atoms with Crippen LogP contribution in [0.5, 0.6) is 0 Å². The number of hydrogen-bond acceptors (Lipinski definition) is 6. The fourth-order valence-electron chi connectivity index (χ4n) is 0.921. The minimum absolute atomic E-state index is 0.451. The zero-order valence-corrected chi connectivity index (χ0v) is 8.68. The smallest absolute Gasteiger partial charge is 0.195 e. The average Bonchev–Trinajstić information content (AvgIpc) is 2.31. The van der Waals surface area contributed by atoms with Crippen LogP contribution in [-0.4, -0.2) is 19.9 Å². The summed E-state index contributed by atoms with van der Waals surface area (Å²) in [5.74, 6) is 0. The predicted octanol–water partition coefficient (Wildman–Crippen LogP) is 0.876. The molecule has 2 N–H and O–H groups in total. The lowest BCUT2D eigenvalue weighted by Crippen LogP contribution is -1.98. The van der Waals surface area contributed by atoms with E-state index in [1.54, 1.807) is 30.9 Å². The van der Waals surface area contributed by atoms with Crippen molar-refractivity contribution in [2.45, 2.75) is 16.9 Å². The quantitative estimate of drug-likeness (QED) is 0.772. The first kappa shape index (κ1) is 10.0. The molecule has 0 unspecified atom stereocenters. The van der Waals surface area contributed by atoms with E-state index < -0.39 is 0 Å². The van der Waals surface area contributed by atoms with Crippen LogP contribution in [0.4, 0.5) is 0 Å². The van der Waals surface area contributed by atoms with Crippen molar-refractivity contribution in [3.63, 3.8) is 0 Å². The average molecular weight is 219 g/mol. The summed E-state index contributed by atoms with van der Waals surface area (Å²) in [5.41, 5.74) is 6.35. The molecule has 2 heterocycles. The standard InChI is InChI=1S/C9H9N5S/c10-4-7-5-13-9(14-6-7)15-8-11-2-1-3-12-8/h1-3,5-6H,4,10H2. The second-order valence-corrected chi connectivity index (χ2v) is 3.65. The Morgan fingerprint density at radius 3 is 2.20 bits per heavy atom. The molecule has 2 aromatic rings. The number of nitrogens with two attached hydrogens (primary N) is 1. The third-order valence-electron chi connectivity index (χ3n) is 1.64. The molecule has 0 bridgehead atoms. The number of aromatic nitrogens is 4. The number of hydrogen-bond donors (Lipinski definition) is 1. The van der Waals surface area contributed by atoms with E-state index in [2.05, 4.69) is 19.9 Å². The molecule has 0 amide bonds. The molecular formula is C9H9N5S. The van der Waals surface area contributed by atoms with Gasteiger partial charge in [-0.25, -0.2) is 19.9 Å². The highest BCUT2D eigenvalue weighted by molar-refractivity contribution is 7.99. The molecule has 76 valence electrons. The van der Waals surface area contributed by atoms with E-state index in [1.807, 2.05) is 0 Å². The van der Waals surface area contributed by atoms with Crippen LogP contribution in [-0.2, 0) is 6.54 Å².